The Hall–Kier alpha value is 1.71. The monoisotopic (exact) mass is 570 g/mol. The van der Waals surface area contributed by atoms with Gasteiger partial charge in [-0.15, -0.1) is 0 Å². The van der Waals surface area contributed by atoms with Gasteiger partial charge in [0, 0.05) is 9.78 Å². The molecule has 114 valence electrons. The van der Waals surface area contributed by atoms with Crippen LogP contribution in [0.4, 0.5) is 0 Å². The number of benzene rings is 1. The fourth-order valence-corrected chi connectivity index (χ4v) is 4.80. The predicted molar refractivity (Wildman–Crippen MR) is 104 cm³/mol. The Morgan fingerprint density at radius 3 is 2.25 bits per heavy atom. The standard InChI is InChI=1S/C12H15Br4O2PS/c1-2-3-8-17-19(20,18-9-12(14,15)16)11-6-4-10(13)5-7-11/h4-7H,2-3,8-9H2,1H3. The van der Waals surface area contributed by atoms with Crippen molar-refractivity contribution in [3.63, 3.8) is 0 Å². The maximum atomic E-state index is 5.92. The van der Waals surface area contributed by atoms with Gasteiger partial charge in [0.05, 0.1) is 13.2 Å². The van der Waals surface area contributed by atoms with Gasteiger partial charge in [-0.3, -0.25) is 0 Å². The fourth-order valence-electron chi connectivity index (χ4n) is 1.30. The van der Waals surface area contributed by atoms with E-state index >= 15 is 0 Å². The largest absolute Gasteiger partial charge is 0.326 e. The van der Waals surface area contributed by atoms with E-state index in [-0.39, 0.29) is 0 Å². The van der Waals surface area contributed by atoms with E-state index in [2.05, 4.69) is 70.6 Å². The molecule has 2 nitrogen and oxygen atoms in total. The summed E-state index contributed by atoms with van der Waals surface area (Å²) in [5, 5.41) is 0.920. The quantitative estimate of drug-likeness (QED) is 0.225. The number of rotatable bonds is 7. The summed E-state index contributed by atoms with van der Waals surface area (Å²) >= 11 is 19.3. The molecule has 0 radical (unpaired) electrons. The summed E-state index contributed by atoms with van der Waals surface area (Å²) in [5.41, 5.74) is 0. The van der Waals surface area contributed by atoms with Gasteiger partial charge >= 0.3 is 0 Å². The molecular formula is C12H15Br4O2PS. The van der Waals surface area contributed by atoms with Crippen LogP contribution in [0.1, 0.15) is 19.8 Å². The molecule has 20 heavy (non-hydrogen) atoms. The lowest BCUT2D eigenvalue weighted by Gasteiger charge is -2.25. The van der Waals surface area contributed by atoms with Crippen molar-refractivity contribution >= 4 is 87.3 Å². The highest BCUT2D eigenvalue weighted by atomic mass is 80.0. The molecule has 1 atom stereocenters. The molecule has 0 aliphatic carbocycles. The van der Waals surface area contributed by atoms with E-state index in [0.29, 0.717) is 13.2 Å². The molecule has 0 N–H and O–H groups in total. The third-order valence-electron chi connectivity index (χ3n) is 2.30. The molecule has 0 bridgehead atoms. The van der Waals surface area contributed by atoms with Crippen LogP contribution in [0.25, 0.3) is 0 Å². The molecular weight excluding hydrogens is 559 g/mol. The second-order valence-corrected chi connectivity index (χ2v) is 15.7. The van der Waals surface area contributed by atoms with E-state index in [4.69, 9.17) is 20.9 Å². The molecule has 8 heteroatoms. The summed E-state index contributed by atoms with van der Waals surface area (Å²) in [6.45, 7) is 0.592. The normalized spacial score (nSPS) is 15.1. The highest BCUT2D eigenvalue weighted by Crippen LogP contribution is 2.50. The molecule has 0 amide bonds. The van der Waals surface area contributed by atoms with Gasteiger partial charge in [-0.25, -0.2) is 0 Å². The maximum Gasteiger partial charge on any atom is 0.219 e. The van der Waals surface area contributed by atoms with Gasteiger partial charge in [0.1, 0.15) is 0 Å². The third-order valence-corrected chi connectivity index (χ3v) is 6.70. The van der Waals surface area contributed by atoms with Crippen molar-refractivity contribution in [2.24, 2.45) is 0 Å². The first kappa shape index (κ1) is 19.8. The Morgan fingerprint density at radius 1 is 1.15 bits per heavy atom. The molecule has 0 saturated carbocycles. The molecule has 1 aromatic rings. The SMILES string of the molecule is CCCCOP(=S)(OCC(Br)(Br)Br)c1ccc(Br)cc1. The first-order chi connectivity index (χ1) is 9.27. The van der Waals surface area contributed by atoms with Crippen molar-refractivity contribution in [3.8, 4) is 0 Å². The van der Waals surface area contributed by atoms with Crippen LogP contribution in [0.2, 0.25) is 0 Å². The van der Waals surface area contributed by atoms with Gasteiger partial charge in [-0.05, 0) is 42.5 Å². The number of hydrogen-bond donors (Lipinski definition) is 0. The lowest BCUT2D eigenvalue weighted by molar-refractivity contribution is 0.258. The van der Waals surface area contributed by atoms with Crippen molar-refractivity contribution in [2.45, 2.75) is 21.9 Å². The average molecular weight is 574 g/mol. The van der Waals surface area contributed by atoms with Crippen LogP contribution in [-0.4, -0.2) is 15.4 Å². The minimum atomic E-state index is -2.50. The molecule has 0 saturated heterocycles. The third kappa shape index (κ3) is 7.32. The Labute approximate surface area is 159 Å². The van der Waals surface area contributed by atoms with E-state index in [1.807, 2.05) is 24.3 Å². The van der Waals surface area contributed by atoms with Gasteiger partial charge in [0.25, 0.3) is 0 Å². The zero-order chi connectivity index (χ0) is 15.2. The van der Waals surface area contributed by atoms with E-state index in [9.17, 15) is 0 Å². The minimum absolute atomic E-state index is 0.354. The van der Waals surface area contributed by atoms with Gasteiger partial charge in [0.2, 0.25) is 6.49 Å². The summed E-state index contributed by atoms with van der Waals surface area (Å²) in [4.78, 5) is 0. The topological polar surface area (TPSA) is 18.5 Å². The number of alkyl halides is 3. The summed E-state index contributed by atoms with van der Waals surface area (Å²) in [6.07, 6.45) is 2.04. The molecule has 1 unspecified atom stereocenters. The van der Waals surface area contributed by atoms with Crippen LogP contribution < -0.4 is 5.30 Å². The summed E-state index contributed by atoms with van der Waals surface area (Å²) in [7, 11) is 0. The highest BCUT2D eigenvalue weighted by molar-refractivity contribution is 9.39. The summed E-state index contributed by atoms with van der Waals surface area (Å²) in [5.74, 6) is 0. The smallest absolute Gasteiger partial charge is 0.219 e. The molecule has 0 aromatic heterocycles. The Kier molecular flexibility index (Phi) is 9.00. The molecule has 0 fully saturated rings. The number of unbranched alkanes of at least 4 members (excludes halogenated alkanes) is 1. The highest BCUT2D eigenvalue weighted by Gasteiger charge is 2.27. The maximum absolute atomic E-state index is 5.92. The van der Waals surface area contributed by atoms with E-state index < -0.39 is 8.63 Å². The molecule has 1 aromatic carbocycles. The van der Waals surface area contributed by atoms with Crippen molar-refractivity contribution in [1.29, 1.82) is 0 Å². The van der Waals surface area contributed by atoms with Crippen molar-refractivity contribution in [3.05, 3.63) is 28.7 Å². The zero-order valence-corrected chi connectivity index (χ0v) is 18.9. The Balaban J connectivity index is 2.88. The molecule has 0 aliphatic heterocycles. The van der Waals surface area contributed by atoms with Crippen molar-refractivity contribution < 1.29 is 9.05 Å². The lowest BCUT2D eigenvalue weighted by atomic mass is 10.4. The van der Waals surface area contributed by atoms with Crippen LogP contribution in [0.15, 0.2) is 28.7 Å². The van der Waals surface area contributed by atoms with Gasteiger partial charge < -0.3 is 9.05 Å². The second kappa shape index (κ2) is 9.11. The van der Waals surface area contributed by atoms with Gasteiger partial charge in [-0.1, -0.05) is 77.1 Å². The van der Waals surface area contributed by atoms with E-state index in [1.54, 1.807) is 0 Å². The fraction of sp³-hybridized carbons (Fsp3) is 0.500. The average Bonchev–Trinajstić information content (AvgIpc) is 2.37. The molecule has 0 aliphatic rings. The van der Waals surface area contributed by atoms with E-state index in [0.717, 1.165) is 22.6 Å². The molecule has 0 spiro atoms. The first-order valence-electron chi connectivity index (χ1n) is 5.99. The Morgan fingerprint density at radius 2 is 1.75 bits per heavy atom. The predicted octanol–water partition coefficient (Wildman–Crippen LogP) is 6.06. The second-order valence-electron chi connectivity index (χ2n) is 4.05. The molecule has 0 heterocycles. The Bertz CT molecular complexity index is 462. The van der Waals surface area contributed by atoms with Crippen LogP contribution in [0.3, 0.4) is 0 Å². The van der Waals surface area contributed by atoms with Gasteiger partial charge in [0.15, 0.2) is 2.14 Å². The first-order valence-corrected chi connectivity index (χ1v) is 11.8. The zero-order valence-electron chi connectivity index (χ0n) is 10.8. The van der Waals surface area contributed by atoms with E-state index in [1.165, 1.54) is 0 Å². The van der Waals surface area contributed by atoms with Crippen LogP contribution in [0.5, 0.6) is 0 Å². The van der Waals surface area contributed by atoms with Crippen LogP contribution in [0, 0.1) is 0 Å². The summed E-state index contributed by atoms with van der Waals surface area (Å²) in [6, 6.07) is 7.81. The number of hydrogen-bond acceptors (Lipinski definition) is 3. The van der Waals surface area contributed by atoms with Crippen molar-refractivity contribution in [2.75, 3.05) is 13.2 Å². The number of halogens is 4. The van der Waals surface area contributed by atoms with Gasteiger partial charge in [-0.2, -0.15) is 0 Å². The van der Waals surface area contributed by atoms with Crippen LogP contribution in [-0.2, 0) is 20.9 Å². The lowest BCUT2D eigenvalue weighted by Crippen LogP contribution is -2.16. The molecule has 1 rings (SSSR count). The van der Waals surface area contributed by atoms with Crippen LogP contribution >= 0.6 is 70.2 Å². The minimum Gasteiger partial charge on any atom is -0.326 e. The summed E-state index contributed by atoms with van der Waals surface area (Å²) < 4.78 is 12.4. The van der Waals surface area contributed by atoms with Crippen molar-refractivity contribution in [1.82, 2.24) is 0 Å².